The molecule has 1 saturated heterocycles. The van der Waals surface area contributed by atoms with Gasteiger partial charge in [0, 0.05) is 12.1 Å². The van der Waals surface area contributed by atoms with Gasteiger partial charge in [0.15, 0.2) is 11.5 Å². The summed E-state index contributed by atoms with van der Waals surface area (Å²) in [5.74, 6) is -0.00771. The molecule has 5 rings (SSSR count). The molecule has 1 N–H and O–H groups in total. The Labute approximate surface area is 208 Å². The minimum Gasteiger partial charge on any atom is -0.507 e. The molecule has 3 aromatic rings. The van der Waals surface area contributed by atoms with Gasteiger partial charge in [-0.1, -0.05) is 55.1 Å². The number of fused-ring (bicyclic) bond motifs is 1. The van der Waals surface area contributed by atoms with Crippen LogP contribution in [0, 0.1) is 0 Å². The molecular formula is C29H25NO6. The molecule has 3 aromatic carbocycles. The van der Waals surface area contributed by atoms with Crippen molar-refractivity contribution in [1.29, 1.82) is 0 Å². The first-order chi connectivity index (χ1) is 17.6. The highest BCUT2D eigenvalue weighted by Gasteiger charge is 2.46. The summed E-state index contributed by atoms with van der Waals surface area (Å²) in [6.07, 6.45) is 1.65. The lowest BCUT2D eigenvalue weighted by Crippen LogP contribution is -2.29. The van der Waals surface area contributed by atoms with Crippen LogP contribution in [0.1, 0.15) is 22.7 Å². The molecule has 2 aliphatic rings. The van der Waals surface area contributed by atoms with E-state index in [1.165, 1.54) is 4.90 Å². The predicted octanol–water partition coefficient (Wildman–Crippen LogP) is 4.64. The number of amides is 1. The Balaban J connectivity index is 1.59. The van der Waals surface area contributed by atoms with Crippen molar-refractivity contribution in [3.8, 4) is 17.2 Å². The summed E-state index contributed by atoms with van der Waals surface area (Å²) in [7, 11) is 0. The van der Waals surface area contributed by atoms with Crippen molar-refractivity contribution in [1.82, 2.24) is 4.90 Å². The van der Waals surface area contributed by atoms with E-state index in [0.29, 0.717) is 48.2 Å². The Morgan fingerprint density at radius 1 is 1.00 bits per heavy atom. The highest BCUT2D eigenvalue weighted by Crippen LogP contribution is 2.42. The van der Waals surface area contributed by atoms with Crippen LogP contribution < -0.4 is 14.2 Å². The summed E-state index contributed by atoms with van der Waals surface area (Å²) >= 11 is 0. The number of carbonyl (C=O) groups excluding carboxylic acids is 2. The van der Waals surface area contributed by atoms with E-state index in [1.807, 2.05) is 30.3 Å². The largest absolute Gasteiger partial charge is 0.507 e. The number of benzene rings is 3. The first-order valence-corrected chi connectivity index (χ1v) is 11.6. The minimum atomic E-state index is -0.785. The quantitative estimate of drug-likeness (QED) is 0.228. The molecule has 0 unspecified atom stereocenters. The molecule has 7 heteroatoms. The highest BCUT2D eigenvalue weighted by molar-refractivity contribution is 6.46. The van der Waals surface area contributed by atoms with Crippen molar-refractivity contribution in [3.05, 3.63) is 108 Å². The first kappa shape index (κ1) is 23.2. The van der Waals surface area contributed by atoms with E-state index in [0.717, 1.165) is 5.56 Å². The number of likely N-dealkylation sites (tertiary alicyclic amines) is 1. The fourth-order valence-electron chi connectivity index (χ4n) is 4.42. The zero-order valence-electron chi connectivity index (χ0n) is 19.6. The third-order valence-electron chi connectivity index (χ3n) is 6.12. The van der Waals surface area contributed by atoms with E-state index in [9.17, 15) is 14.7 Å². The van der Waals surface area contributed by atoms with Crippen LogP contribution in [0.5, 0.6) is 17.2 Å². The van der Waals surface area contributed by atoms with E-state index in [-0.39, 0.29) is 17.9 Å². The lowest BCUT2D eigenvalue weighted by Gasteiger charge is -2.26. The van der Waals surface area contributed by atoms with Gasteiger partial charge in [-0.3, -0.25) is 9.59 Å². The van der Waals surface area contributed by atoms with Crippen LogP contribution in [-0.2, 0) is 16.1 Å². The van der Waals surface area contributed by atoms with Gasteiger partial charge in [-0.05, 0) is 41.5 Å². The number of nitrogens with zero attached hydrogens (tertiary/aromatic N) is 1. The number of ketones is 1. The topological polar surface area (TPSA) is 85.3 Å². The standard InChI is InChI=1S/C29H25NO6/c1-2-14-34-22-11-8-20(9-12-22)26-25(27(31)21-10-13-23-24(17-21)36-16-15-35-23)28(32)29(33)30(26)18-19-6-4-3-5-7-19/h2-13,17,26,31H,1,14-16,18H2/t26-/m1/s1. The summed E-state index contributed by atoms with van der Waals surface area (Å²) in [4.78, 5) is 28.0. The third kappa shape index (κ3) is 4.43. The Bertz CT molecular complexity index is 1330. The van der Waals surface area contributed by atoms with Crippen LogP contribution in [0.25, 0.3) is 5.76 Å². The SMILES string of the molecule is C=CCOc1ccc([C@@H]2C(=C(O)c3ccc4c(c3)OCCO4)C(=O)C(=O)N2Cc2ccccc2)cc1. The van der Waals surface area contributed by atoms with Gasteiger partial charge in [-0.2, -0.15) is 0 Å². The Kier molecular flexibility index (Phi) is 6.45. The average molecular weight is 484 g/mol. The van der Waals surface area contributed by atoms with Crippen molar-refractivity contribution in [2.24, 2.45) is 0 Å². The molecule has 182 valence electrons. The van der Waals surface area contributed by atoms with Crippen LogP contribution in [-0.4, -0.2) is 41.5 Å². The maximum Gasteiger partial charge on any atom is 0.295 e. The van der Waals surface area contributed by atoms with Gasteiger partial charge < -0.3 is 24.2 Å². The molecular weight excluding hydrogens is 458 g/mol. The molecule has 1 amide bonds. The lowest BCUT2D eigenvalue weighted by molar-refractivity contribution is -0.140. The molecule has 0 aliphatic carbocycles. The maximum atomic E-state index is 13.3. The van der Waals surface area contributed by atoms with Crippen LogP contribution >= 0.6 is 0 Å². The normalized spacial score (nSPS) is 18.2. The molecule has 0 saturated carbocycles. The minimum absolute atomic E-state index is 0.0207. The number of hydrogen-bond acceptors (Lipinski definition) is 6. The predicted molar refractivity (Wildman–Crippen MR) is 134 cm³/mol. The van der Waals surface area contributed by atoms with Crippen LogP contribution in [0.3, 0.4) is 0 Å². The molecule has 2 aliphatic heterocycles. The van der Waals surface area contributed by atoms with Crippen molar-refractivity contribution >= 4 is 17.4 Å². The molecule has 0 aromatic heterocycles. The van der Waals surface area contributed by atoms with Gasteiger partial charge in [0.2, 0.25) is 0 Å². The summed E-state index contributed by atoms with van der Waals surface area (Å²) in [5, 5.41) is 11.3. The third-order valence-corrected chi connectivity index (χ3v) is 6.12. The number of carbonyl (C=O) groups is 2. The molecule has 0 bridgehead atoms. The summed E-state index contributed by atoms with van der Waals surface area (Å²) in [6.45, 7) is 5.05. The summed E-state index contributed by atoms with van der Waals surface area (Å²) < 4.78 is 16.8. The monoisotopic (exact) mass is 483 g/mol. The van der Waals surface area contributed by atoms with Crippen LogP contribution in [0.2, 0.25) is 0 Å². The number of hydrogen-bond donors (Lipinski definition) is 1. The van der Waals surface area contributed by atoms with Gasteiger partial charge >= 0.3 is 0 Å². The molecule has 36 heavy (non-hydrogen) atoms. The van der Waals surface area contributed by atoms with E-state index in [4.69, 9.17) is 14.2 Å². The van der Waals surface area contributed by atoms with Crippen molar-refractivity contribution < 1.29 is 28.9 Å². The molecule has 2 heterocycles. The van der Waals surface area contributed by atoms with Gasteiger partial charge in [-0.25, -0.2) is 0 Å². The van der Waals surface area contributed by atoms with Gasteiger partial charge in [0.1, 0.15) is 31.3 Å². The van der Waals surface area contributed by atoms with E-state index in [2.05, 4.69) is 6.58 Å². The van der Waals surface area contributed by atoms with Crippen molar-refractivity contribution in [3.63, 3.8) is 0 Å². The lowest BCUT2D eigenvalue weighted by atomic mass is 9.95. The maximum absolute atomic E-state index is 13.3. The fourth-order valence-corrected chi connectivity index (χ4v) is 4.42. The average Bonchev–Trinajstić information content (AvgIpc) is 3.17. The number of ether oxygens (including phenoxy) is 3. The number of aliphatic hydroxyl groups is 1. The molecule has 7 nitrogen and oxygen atoms in total. The first-order valence-electron chi connectivity index (χ1n) is 11.6. The zero-order valence-corrected chi connectivity index (χ0v) is 19.6. The second kappa shape index (κ2) is 10.00. The summed E-state index contributed by atoms with van der Waals surface area (Å²) in [6, 6.07) is 20.7. The Morgan fingerprint density at radius 2 is 1.72 bits per heavy atom. The molecule has 0 radical (unpaired) electrons. The van der Waals surface area contributed by atoms with Gasteiger partial charge in [0.25, 0.3) is 11.7 Å². The van der Waals surface area contributed by atoms with Crippen LogP contribution in [0.4, 0.5) is 0 Å². The molecule has 0 spiro atoms. The van der Waals surface area contributed by atoms with E-state index >= 15 is 0 Å². The van der Waals surface area contributed by atoms with E-state index in [1.54, 1.807) is 48.5 Å². The number of rotatable bonds is 7. The Morgan fingerprint density at radius 3 is 2.44 bits per heavy atom. The highest BCUT2D eigenvalue weighted by atomic mass is 16.6. The van der Waals surface area contributed by atoms with Gasteiger partial charge in [-0.15, -0.1) is 0 Å². The zero-order chi connectivity index (χ0) is 25.1. The summed E-state index contributed by atoms with van der Waals surface area (Å²) in [5.41, 5.74) is 1.94. The van der Waals surface area contributed by atoms with Crippen molar-refractivity contribution in [2.45, 2.75) is 12.6 Å². The molecule has 1 atom stereocenters. The smallest absolute Gasteiger partial charge is 0.295 e. The molecule has 1 fully saturated rings. The number of Topliss-reactive ketones (excluding diaryl/α,β-unsaturated/α-hetero) is 1. The Hall–Kier alpha value is -4.52. The van der Waals surface area contributed by atoms with Gasteiger partial charge in [0.05, 0.1) is 11.6 Å². The van der Waals surface area contributed by atoms with Crippen molar-refractivity contribution in [2.75, 3.05) is 19.8 Å². The van der Waals surface area contributed by atoms with Crippen LogP contribution in [0.15, 0.2) is 91.0 Å². The second-order valence-corrected chi connectivity index (χ2v) is 8.44. The van der Waals surface area contributed by atoms with E-state index < -0.39 is 17.7 Å². The number of aliphatic hydroxyl groups excluding tert-OH is 1. The second-order valence-electron chi connectivity index (χ2n) is 8.44. The fraction of sp³-hybridized carbons (Fsp3) is 0.172.